The van der Waals surface area contributed by atoms with Gasteiger partial charge in [-0.25, -0.2) is 0 Å². The number of nitrogens with two attached hydrogens (primary N) is 1. The quantitative estimate of drug-likeness (QED) is 0.869. The summed E-state index contributed by atoms with van der Waals surface area (Å²) < 4.78 is 1.08. The average molecular weight is 256 g/mol. The van der Waals surface area contributed by atoms with Gasteiger partial charge >= 0.3 is 0 Å². The van der Waals surface area contributed by atoms with Crippen molar-refractivity contribution < 1.29 is 0 Å². The highest BCUT2D eigenvalue weighted by Crippen LogP contribution is 2.17. The normalized spacial score (nSPS) is 22.9. The summed E-state index contributed by atoms with van der Waals surface area (Å²) >= 11 is 3.50. The standard InChI is InChI=1S/C10H14BrN3/c11-9-2-1-4-13-10(9)7-14-5-3-8(12)6-14/h1-2,4,8H,3,5-7,12H2/t8-/m0/s1. The van der Waals surface area contributed by atoms with E-state index in [0.29, 0.717) is 6.04 Å². The highest BCUT2D eigenvalue weighted by atomic mass is 79.9. The van der Waals surface area contributed by atoms with Gasteiger partial charge in [0.25, 0.3) is 0 Å². The first kappa shape index (κ1) is 10.1. The van der Waals surface area contributed by atoms with Crippen LogP contribution >= 0.6 is 15.9 Å². The zero-order chi connectivity index (χ0) is 9.97. The Morgan fingerprint density at radius 2 is 2.50 bits per heavy atom. The molecule has 4 heteroatoms. The van der Waals surface area contributed by atoms with E-state index >= 15 is 0 Å². The van der Waals surface area contributed by atoms with Crippen molar-refractivity contribution in [2.75, 3.05) is 13.1 Å². The van der Waals surface area contributed by atoms with Crippen LogP contribution in [0.5, 0.6) is 0 Å². The van der Waals surface area contributed by atoms with Crippen molar-refractivity contribution in [3.63, 3.8) is 0 Å². The molecule has 1 aliphatic rings. The summed E-state index contributed by atoms with van der Waals surface area (Å²) in [6, 6.07) is 4.30. The number of rotatable bonds is 2. The van der Waals surface area contributed by atoms with Crippen LogP contribution < -0.4 is 5.73 Å². The third-order valence-corrected chi connectivity index (χ3v) is 3.24. The molecule has 2 heterocycles. The van der Waals surface area contributed by atoms with Crippen molar-refractivity contribution in [2.45, 2.75) is 19.0 Å². The van der Waals surface area contributed by atoms with E-state index < -0.39 is 0 Å². The van der Waals surface area contributed by atoms with E-state index in [-0.39, 0.29) is 0 Å². The van der Waals surface area contributed by atoms with Gasteiger partial charge in [0.1, 0.15) is 0 Å². The summed E-state index contributed by atoms with van der Waals surface area (Å²) in [5.74, 6) is 0. The second-order valence-electron chi connectivity index (χ2n) is 3.72. The lowest BCUT2D eigenvalue weighted by molar-refractivity contribution is 0.322. The molecule has 3 nitrogen and oxygen atoms in total. The first-order valence-corrected chi connectivity index (χ1v) is 5.62. The molecule has 2 rings (SSSR count). The Morgan fingerprint density at radius 3 is 3.14 bits per heavy atom. The van der Waals surface area contributed by atoms with E-state index in [1.54, 1.807) is 0 Å². The van der Waals surface area contributed by atoms with Crippen LogP contribution in [-0.2, 0) is 6.54 Å². The number of pyridine rings is 1. The number of aromatic nitrogens is 1. The van der Waals surface area contributed by atoms with Gasteiger partial charge in [-0.15, -0.1) is 0 Å². The van der Waals surface area contributed by atoms with Gasteiger partial charge in [-0.2, -0.15) is 0 Å². The Kier molecular flexibility index (Phi) is 3.15. The second kappa shape index (κ2) is 4.38. The van der Waals surface area contributed by atoms with Gasteiger partial charge in [-0.3, -0.25) is 9.88 Å². The fourth-order valence-electron chi connectivity index (χ4n) is 1.75. The Labute approximate surface area is 92.4 Å². The summed E-state index contributed by atoms with van der Waals surface area (Å²) in [7, 11) is 0. The largest absolute Gasteiger partial charge is 0.326 e. The van der Waals surface area contributed by atoms with Crippen molar-refractivity contribution in [1.29, 1.82) is 0 Å². The van der Waals surface area contributed by atoms with Crippen LogP contribution in [0.25, 0.3) is 0 Å². The van der Waals surface area contributed by atoms with Gasteiger partial charge in [-0.1, -0.05) is 0 Å². The summed E-state index contributed by atoms with van der Waals surface area (Å²) in [5.41, 5.74) is 6.94. The fraction of sp³-hybridized carbons (Fsp3) is 0.500. The van der Waals surface area contributed by atoms with Crippen LogP contribution in [-0.4, -0.2) is 29.0 Å². The van der Waals surface area contributed by atoms with Gasteiger partial charge in [0.15, 0.2) is 0 Å². The molecule has 0 amide bonds. The second-order valence-corrected chi connectivity index (χ2v) is 4.57. The molecule has 0 aliphatic carbocycles. The molecule has 1 fully saturated rings. The number of nitrogens with zero attached hydrogens (tertiary/aromatic N) is 2. The summed E-state index contributed by atoms with van der Waals surface area (Å²) in [4.78, 5) is 6.68. The molecule has 1 aromatic rings. The van der Waals surface area contributed by atoms with Crippen molar-refractivity contribution in [2.24, 2.45) is 5.73 Å². The first-order valence-electron chi connectivity index (χ1n) is 4.83. The molecular formula is C10H14BrN3. The Morgan fingerprint density at radius 1 is 1.64 bits per heavy atom. The zero-order valence-electron chi connectivity index (χ0n) is 7.99. The maximum Gasteiger partial charge on any atom is 0.0685 e. The van der Waals surface area contributed by atoms with E-state index in [2.05, 4.69) is 25.8 Å². The molecule has 1 atom stereocenters. The minimum Gasteiger partial charge on any atom is -0.326 e. The number of likely N-dealkylation sites (tertiary alicyclic amines) is 1. The van der Waals surface area contributed by atoms with Crippen LogP contribution in [0.1, 0.15) is 12.1 Å². The van der Waals surface area contributed by atoms with Crippen LogP contribution in [0, 0.1) is 0 Å². The van der Waals surface area contributed by atoms with Crippen molar-refractivity contribution in [1.82, 2.24) is 9.88 Å². The van der Waals surface area contributed by atoms with E-state index in [4.69, 9.17) is 5.73 Å². The maximum absolute atomic E-state index is 5.84. The molecule has 2 N–H and O–H groups in total. The number of hydrogen-bond donors (Lipinski definition) is 1. The highest BCUT2D eigenvalue weighted by Gasteiger charge is 2.19. The van der Waals surface area contributed by atoms with Crippen LogP contribution in [0.4, 0.5) is 0 Å². The summed E-state index contributed by atoms with van der Waals surface area (Å²) in [6.07, 6.45) is 2.93. The van der Waals surface area contributed by atoms with E-state index in [1.807, 2.05) is 18.3 Å². The molecule has 1 aromatic heterocycles. The third-order valence-electron chi connectivity index (χ3n) is 2.52. The minimum atomic E-state index is 0.345. The predicted molar refractivity (Wildman–Crippen MR) is 59.8 cm³/mol. The van der Waals surface area contributed by atoms with Crippen molar-refractivity contribution in [3.05, 3.63) is 28.5 Å². The van der Waals surface area contributed by atoms with Crippen molar-refractivity contribution >= 4 is 15.9 Å². The van der Waals surface area contributed by atoms with Gasteiger partial charge in [0.2, 0.25) is 0 Å². The molecule has 76 valence electrons. The summed E-state index contributed by atoms with van der Waals surface area (Å²) in [6.45, 7) is 2.97. The first-order chi connectivity index (χ1) is 6.75. The molecule has 0 radical (unpaired) electrons. The fourth-order valence-corrected chi connectivity index (χ4v) is 2.13. The lowest BCUT2D eigenvalue weighted by atomic mass is 10.3. The molecule has 14 heavy (non-hydrogen) atoms. The van der Waals surface area contributed by atoms with E-state index in [9.17, 15) is 0 Å². The molecule has 0 aromatic carbocycles. The lowest BCUT2D eigenvalue weighted by Gasteiger charge is -2.14. The van der Waals surface area contributed by atoms with E-state index in [0.717, 1.165) is 36.2 Å². The zero-order valence-corrected chi connectivity index (χ0v) is 9.57. The van der Waals surface area contributed by atoms with Crippen LogP contribution in [0.15, 0.2) is 22.8 Å². The highest BCUT2D eigenvalue weighted by molar-refractivity contribution is 9.10. The molecule has 1 aliphatic heterocycles. The SMILES string of the molecule is N[C@H]1CCN(Cc2ncccc2Br)C1. The van der Waals surface area contributed by atoms with Crippen molar-refractivity contribution in [3.8, 4) is 0 Å². The number of halogens is 1. The molecule has 1 saturated heterocycles. The van der Waals surface area contributed by atoms with Crippen LogP contribution in [0.3, 0.4) is 0 Å². The molecule has 0 saturated carbocycles. The summed E-state index contributed by atoms with van der Waals surface area (Å²) in [5, 5.41) is 0. The molecular weight excluding hydrogens is 242 g/mol. The lowest BCUT2D eigenvalue weighted by Crippen LogP contribution is -2.26. The predicted octanol–water partition coefficient (Wildman–Crippen LogP) is 1.38. The topological polar surface area (TPSA) is 42.1 Å². The molecule has 0 unspecified atom stereocenters. The monoisotopic (exact) mass is 255 g/mol. The van der Waals surface area contributed by atoms with Gasteiger partial charge in [0, 0.05) is 36.3 Å². The maximum atomic E-state index is 5.84. The minimum absolute atomic E-state index is 0.345. The van der Waals surface area contributed by atoms with Gasteiger partial charge in [0.05, 0.1) is 5.69 Å². The smallest absolute Gasteiger partial charge is 0.0685 e. The molecule has 0 spiro atoms. The Bertz CT molecular complexity index is 316. The van der Waals surface area contributed by atoms with Crippen LogP contribution in [0.2, 0.25) is 0 Å². The van der Waals surface area contributed by atoms with Gasteiger partial charge in [-0.05, 0) is 34.5 Å². The third kappa shape index (κ3) is 2.32. The van der Waals surface area contributed by atoms with E-state index in [1.165, 1.54) is 0 Å². The Hall–Kier alpha value is -0.450. The number of hydrogen-bond acceptors (Lipinski definition) is 3. The molecule has 0 bridgehead atoms. The van der Waals surface area contributed by atoms with Gasteiger partial charge < -0.3 is 5.73 Å². The average Bonchev–Trinajstić information content (AvgIpc) is 2.56. The Balaban J connectivity index is 2.01.